The van der Waals surface area contributed by atoms with Gasteiger partial charge in [-0.05, 0) is 36.8 Å². The lowest BCUT2D eigenvalue weighted by Gasteiger charge is -2.17. The van der Waals surface area contributed by atoms with Gasteiger partial charge in [0, 0.05) is 19.2 Å². The molecule has 0 aromatic heterocycles. The molecule has 2 aromatic carbocycles. The van der Waals surface area contributed by atoms with Gasteiger partial charge in [0.1, 0.15) is 11.5 Å². The van der Waals surface area contributed by atoms with E-state index in [0.717, 1.165) is 31.6 Å². The standard InChI is InChI=1S/C19H23NO2/c1-3-4-8-14-20(2)19(21)16-10-9-13-18(15-16)22-17-11-6-5-7-12-17/h5-7,9-13,15H,3-4,8,14H2,1-2H3. The number of ether oxygens (including phenoxy) is 1. The van der Waals surface area contributed by atoms with Crippen molar-refractivity contribution in [2.45, 2.75) is 26.2 Å². The van der Waals surface area contributed by atoms with Gasteiger partial charge in [-0.1, -0.05) is 44.0 Å². The van der Waals surface area contributed by atoms with Gasteiger partial charge in [0.2, 0.25) is 0 Å². The van der Waals surface area contributed by atoms with Crippen LogP contribution in [-0.2, 0) is 0 Å². The number of amides is 1. The Labute approximate surface area is 132 Å². The van der Waals surface area contributed by atoms with E-state index in [1.165, 1.54) is 0 Å². The highest BCUT2D eigenvalue weighted by molar-refractivity contribution is 5.94. The van der Waals surface area contributed by atoms with Crippen LogP contribution in [0.15, 0.2) is 54.6 Å². The fourth-order valence-electron chi connectivity index (χ4n) is 2.24. The van der Waals surface area contributed by atoms with E-state index in [1.54, 1.807) is 11.0 Å². The van der Waals surface area contributed by atoms with Gasteiger partial charge in [0.25, 0.3) is 5.91 Å². The first-order valence-corrected chi connectivity index (χ1v) is 7.79. The Morgan fingerprint density at radius 2 is 1.73 bits per heavy atom. The van der Waals surface area contributed by atoms with Gasteiger partial charge in [-0.2, -0.15) is 0 Å². The molecular weight excluding hydrogens is 274 g/mol. The van der Waals surface area contributed by atoms with Crippen molar-refractivity contribution in [2.24, 2.45) is 0 Å². The summed E-state index contributed by atoms with van der Waals surface area (Å²) in [6.45, 7) is 2.95. The second-order valence-electron chi connectivity index (χ2n) is 5.38. The molecule has 0 atom stereocenters. The summed E-state index contributed by atoms with van der Waals surface area (Å²) >= 11 is 0. The highest BCUT2D eigenvalue weighted by Gasteiger charge is 2.12. The van der Waals surface area contributed by atoms with E-state index in [4.69, 9.17) is 4.74 Å². The van der Waals surface area contributed by atoms with E-state index in [1.807, 2.05) is 55.6 Å². The first-order chi connectivity index (χ1) is 10.7. The van der Waals surface area contributed by atoms with Crippen LogP contribution in [0.2, 0.25) is 0 Å². The lowest BCUT2D eigenvalue weighted by atomic mass is 10.1. The number of hydrogen-bond acceptors (Lipinski definition) is 2. The second-order valence-corrected chi connectivity index (χ2v) is 5.38. The van der Waals surface area contributed by atoms with Gasteiger partial charge in [-0.25, -0.2) is 0 Å². The molecule has 3 heteroatoms. The third-order valence-corrected chi connectivity index (χ3v) is 3.50. The van der Waals surface area contributed by atoms with Crippen molar-refractivity contribution in [3.63, 3.8) is 0 Å². The van der Waals surface area contributed by atoms with Gasteiger partial charge in [0.05, 0.1) is 0 Å². The van der Waals surface area contributed by atoms with Crippen LogP contribution in [0.1, 0.15) is 36.5 Å². The third kappa shape index (κ3) is 4.62. The van der Waals surface area contributed by atoms with Crippen LogP contribution in [0.5, 0.6) is 11.5 Å². The maximum atomic E-state index is 12.4. The van der Waals surface area contributed by atoms with Crippen molar-refractivity contribution in [1.82, 2.24) is 4.90 Å². The zero-order valence-electron chi connectivity index (χ0n) is 13.3. The molecule has 1 amide bonds. The molecule has 0 aliphatic heterocycles. The summed E-state index contributed by atoms with van der Waals surface area (Å²) in [6, 6.07) is 16.9. The first-order valence-electron chi connectivity index (χ1n) is 7.79. The molecule has 2 aromatic rings. The number of para-hydroxylation sites is 1. The highest BCUT2D eigenvalue weighted by atomic mass is 16.5. The van der Waals surface area contributed by atoms with E-state index < -0.39 is 0 Å². The van der Waals surface area contributed by atoms with Crippen LogP contribution in [-0.4, -0.2) is 24.4 Å². The molecule has 22 heavy (non-hydrogen) atoms. The lowest BCUT2D eigenvalue weighted by molar-refractivity contribution is 0.0792. The summed E-state index contributed by atoms with van der Waals surface area (Å²) in [6.07, 6.45) is 3.34. The maximum absolute atomic E-state index is 12.4. The molecule has 116 valence electrons. The molecule has 3 nitrogen and oxygen atoms in total. The summed E-state index contributed by atoms with van der Waals surface area (Å²) in [5.41, 5.74) is 0.660. The van der Waals surface area contributed by atoms with Crippen molar-refractivity contribution in [3.8, 4) is 11.5 Å². The van der Waals surface area contributed by atoms with Crippen LogP contribution in [0.25, 0.3) is 0 Å². The van der Waals surface area contributed by atoms with Crippen LogP contribution in [0, 0.1) is 0 Å². The van der Waals surface area contributed by atoms with Gasteiger partial charge >= 0.3 is 0 Å². The molecule has 0 N–H and O–H groups in total. The molecule has 2 rings (SSSR count). The Bertz CT molecular complexity index is 595. The normalized spacial score (nSPS) is 10.3. The summed E-state index contributed by atoms with van der Waals surface area (Å²) in [7, 11) is 1.85. The Morgan fingerprint density at radius 3 is 2.45 bits per heavy atom. The van der Waals surface area contributed by atoms with Gasteiger partial charge in [0.15, 0.2) is 0 Å². The van der Waals surface area contributed by atoms with Gasteiger partial charge < -0.3 is 9.64 Å². The van der Waals surface area contributed by atoms with Crippen LogP contribution in [0.4, 0.5) is 0 Å². The van der Waals surface area contributed by atoms with E-state index >= 15 is 0 Å². The summed E-state index contributed by atoms with van der Waals surface area (Å²) in [4.78, 5) is 14.2. The fourth-order valence-corrected chi connectivity index (χ4v) is 2.24. The zero-order valence-corrected chi connectivity index (χ0v) is 13.3. The fraction of sp³-hybridized carbons (Fsp3) is 0.316. The van der Waals surface area contributed by atoms with E-state index in [0.29, 0.717) is 11.3 Å². The molecule has 0 saturated heterocycles. The van der Waals surface area contributed by atoms with Crippen molar-refractivity contribution in [1.29, 1.82) is 0 Å². The largest absolute Gasteiger partial charge is 0.457 e. The minimum atomic E-state index is 0.0367. The second kappa shape index (κ2) is 8.23. The van der Waals surface area contributed by atoms with Crippen molar-refractivity contribution in [2.75, 3.05) is 13.6 Å². The molecule has 0 unspecified atom stereocenters. The molecule has 0 saturated carbocycles. The number of rotatable bonds is 7. The Balaban J connectivity index is 2.02. The Morgan fingerprint density at radius 1 is 1.00 bits per heavy atom. The average Bonchev–Trinajstić information content (AvgIpc) is 2.55. The van der Waals surface area contributed by atoms with Crippen LogP contribution in [0.3, 0.4) is 0 Å². The predicted octanol–water partition coefficient (Wildman–Crippen LogP) is 4.74. The number of nitrogens with zero attached hydrogens (tertiary/aromatic N) is 1. The number of unbranched alkanes of at least 4 members (excludes halogenated alkanes) is 2. The molecule has 0 fully saturated rings. The Hall–Kier alpha value is -2.29. The van der Waals surface area contributed by atoms with E-state index in [9.17, 15) is 4.79 Å². The van der Waals surface area contributed by atoms with E-state index in [2.05, 4.69) is 6.92 Å². The molecule has 0 radical (unpaired) electrons. The first kappa shape index (κ1) is 16.1. The van der Waals surface area contributed by atoms with Crippen LogP contribution < -0.4 is 4.74 Å². The van der Waals surface area contributed by atoms with Crippen molar-refractivity contribution < 1.29 is 9.53 Å². The molecular formula is C19H23NO2. The predicted molar refractivity (Wildman–Crippen MR) is 89.4 cm³/mol. The summed E-state index contributed by atoms with van der Waals surface area (Å²) in [5, 5.41) is 0. The van der Waals surface area contributed by atoms with Gasteiger partial charge in [-0.3, -0.25) is 4.79 Å². The zero-order chi connectivity index (χ0) is 15.8. The topological polar surface area (TPSA) is 29.5 Å². The van der Waals surface area contributed by atoms with Crippen molar-refractivity contribution >= 4 is 5.91 Å². The summed E-state index contributed by atoms with van der Waals surface area (Å²) in [5.74, 6) is 1.48. The minimum Gasteiger partial charge on any atom is -0.457 e. The number of carbonyl (C=O) groups is 1. The Kier molecular flexibility index (Phi) is 6.01. The third-order valence-electron chi connectivity index (χ3n) is 3.50. The molecule has 0 heterocycles. The van der Waals surface area contributed by atoms with E-state index in [-0.39, 0.29) is 5.91 Å². The molecule has 0 aliphatic carbocycles. The quantitative estimate of drug-likeness (QED) is 0.691. The number of carbonyl (C=O) groups excluding carboxylic acids is 1. The summed E-state index contributed by atoms with van der Waals surface area (Å²) < 4.78 is 5.78. The SMILES string of the molecule is CCCCCN(C)C(=O)c1cccc(Oc2ccccc2)c1. The van der Waals surface area contributed by atoms with Gasteiger partial charge in [-0.15, -0.1) is 0 Å². The molecule has 0 bridgehead atoms. The maximum Gasteiger partial charge on any atom is 0.253 e. The smallest absolute Gasteiger partial charge is 0.253 e. The highest BCUT2D eigenvalue weighted by Crippen LogP contribution is 2.22. The van der Waals surface area contributed by atoms with Crippen LogP contribution >= 0.6 is 0 Å². The lowest BCUT2D eigenvalue weighted by Crippen LogP contribution is -2.27. The monoisotopic (exact) mass is 297 g/mol. The minimum absolute atomic E-state index is 0.0367. The number of hydrogen-bond donors (Lipinski definition) is 0. The average molecular weight is 297 g/mol. The number of benzene rings is 2. The molecule has 0 spiro atoms. The molecule has 0 aliphatic rings. The van der Waals surface area contributed by atoms with Crippen molar-refractivity contribution in [3.05, 3.63) is 60.2 Å².